The van der Waals surface area contributed by atoms with E-state index in [9.17, 15) is 26.0 Å². The van der Waals surface area contributed by atoms with Gasteiger partial charge in [0.25, 0.3) is 0 Å². The van der Waals surface area contributed by atoms with Crippen molar-refractivity contribution < 1.29 is 30.7 Å². The topological polar surface area (TPSA) is 58.6 Å². The minimum absolute atomic E-state index is 0.283. The molecule has 1 unspecified atom stereocenters. The zero-order valence-electron chi connectivity index (χ0n) is 16.4. The molecule has 160 valence electrons. The number of hydrogen-bond donors (Lipinski definition) is 1. The van der Waals surface area contributed by atoms with Gasteiger partial charge in [0.15, 0.2) is 22.3 Å². The normalized spacial score (nSPS) is 13.0. The van der Waals surface area contributed by atoms with Crippen LogP contribution in [0.2, 0.25) is 0 Å². The van der Waals surface area contributed by atoms with Gasteiger partial charge >= 0.3 is 0 Å². The van der Waals surface area contributed by atoms with Gasteiger partial charge in [0.2, 0.25) is 21.7 Å². The second-order valence-electron chi connectivity index (χ2n) is 6.54. The highest BCUT2D eigenvalue weighted by atomic mass is 32.2. The van der Waals surface area contributed by atoms with Crippen LogP contribution in [0.15, 0.2) is 29.2 Å². The third kappa shape index (κ3) is 4.71. The summed E-state index contributed by atoms with van der Waals surface area (Å²) in [6, 6.07) is 6.90. The van der Waals surface area contributed by atoms with Gasteiger partial charge in [-0.2, -0.15) is 8.78 Å². The fourth-order valence-corrected chi connectivity index (χ4v) is 4.01. The fourth-order valence-electron chi connectivity index (χ4n) is 2.84. The molecule has 10 heteroatoms. The van der Waals surface area contributed by atoms with Crippen LogP contribution in [0.1, 0.15) is 24.1 Å². The highest BCUT2D eigenvalue weighted by Gasteiger charge is 2.34. The van der Waals surface area contributed by atoms with Gasteiger partial charge in [0.1, 0.15) is 0 Å². The third-order valence-corrected chi connectivity index (χ3v) is 5.96. The van der Waals surface area contributed by atoms with E-state index in [-0.39, 0.29) is 6.54 Å². The molecule has 0 spiro atoms. The lowest BCUT2D eigenvalue weighted by Gasteiger charge is -2.25. The van der Waals surface area contributed by atoms with E-state index in [4.69, 9.17) is 0 Å². The Labute approximate surface area is 167 Å². The van der Waals surface area contributed by atoms with Gasteiger partial charge in [-0.3, -0.25) is 0 Å². The number of sulfonamides is 1. The van der Waals surface area contributed by atoms with Crippen molar-refractivity contribution in [3.63, 3.8) is 0 Å². The van der Waals surface area contributed by atoms with E-state index in [1.165, 1.54) is 0 Å². The Hall–Kier alpha value is -2.17. The fraction of sp³-hybridized carbons (Fsp3) is 0.368. The maximum Gasteiger partial charge on any atom is 0.246 e. The molecule has 0 saturated carbocycles. The van der Waals surface area contributed by atoms with E-state index < -0.39 is 50.0 Å². The van der Waals surface area contributed by atoms with Crippen molar-refractivity contribution in [2.24, 2.45) is 0 Å². The average Bonchev–Trinajstić information content (AvgIpc) is 2.67. The van der Waals surface area contributed by atoms with Gasteiger partial charge in [-0.15, -0.1) is 0 Å². The summed E-state index contributed by atoms with van der Waals surface area (Å²) < 4.78 is 87.3. The van der Waals surface area contributed by atoms with Crippen molar-refractivity contribution in [1.82, 2.24) is 9.62 Å². The number of likely N-dealkylation sites (N-methyl/N-ethyl adjacent to an activating group) is 1. The predicted octanol–water partition coefficient (Wildman–Crippen LogP) is 3.40. The summed E-state index contributed by atoms with van der Waals surface area (Å²) in [4.78, 5) is -0.0297. The maximum atomic E-state index is 14.2. The van der Waals surface area contributed by atoms with Crippen LogP contribution in [0.5, 0.6) is 5.75 Å². The molecule has 5 nitrogen and oxygen atoms in total. The lowest BCUT2D eigenvalue weighted by Crippen LogP contribution is -2.35. The third-order valence-electron chi connectivity index (χ3n) is 4.52. The molecule has 2 aromatic rings. The molecular weight excluding hydrogens is 412 g/mol. The van der Waals surface area contributed by atoms with Gasteiger partial charge in [-0.05, 0) is 31.6 Å². The number of rotatable bonds is 8. The quantitative estimate of drug-likeness (QED) is 0.511. The number of nitrogens with one attached hydrogen (secondary N) is 1. The standard InChI is InChI=1S/C19H22F4N2O3S/c1-5-11-6-8-12(9-7-11)13(25(2)3)10-24-29(26,27)19-16(22)14(20)18(28-4)15(21)17(19)23/h6-9,13,24H,5,10H2,1-4H3. The smallest absolute Gasteiger partial charge is 0.246 e. The molecule has 1 N–H and O–H groups in total. The van der Waals surface area contributed by atoms with Gasteiger partial charge in [0, 0.05) is 12.6 Å². The average molecular weight is 434 g/mol. The van der Waals surface area contributed by atoms with E-state index in [2.05, 4.69) is 4.74 Å². The van der Waals surface area contributed by atoms with Crippen LogP contribution in [0.3, 0.4) is 0 Å². The van der Waals surface area contributed by atoms with Gasteiger partial charge < -0.3 is 9.64 Å². The number of benzene rings is 2. The van der Waals surface area contributed by atoms with E-state index >= 15 is 0 Å². The first-order chi connectivity index (χ1) is 13.5. The number of ether oxygens (including phenoxy) is 1. The number of aryl methyl sites for hydroxylation is 1. The summed E-state index contributed by atoms with van der Waals surface area (Å²) in [5.41, 5.74) is 1.84. The zero-order chi connectivity index (χ0) is 21.9. The highest BCUT2D eigenvalue weighted by molar-refractivity contribution is 7.89. The molecule has 1 atom stereocenters. The lowest BCUT2D eigenvalue weighted by molar-refractivity contribution is 0.298. The number of halogens is 4. The molecule has 2 aromatic carbocycles. The Morgan fingerprint density at radius 2 is 1.52 bits per heavy atom. The van der Waals surface area contributed by atoms with Gasteiger partial charge in [0.05, 0.1) is 7.11 Å². The number of nitrogens with zero attached hydrogens (tertiary/aromatic N) is 1. The molecule has 0 aliphatic rings. The van der Waals surface area contributed by atoms with Gasteiger partial charge in [-0.1, -0.05) is 31.2 Å². The van der Waals surface area contributed by atoms with E-state index in [0.717, 1.165) is 24.7 Å². The SMILES string of the molecule is CCc1ccc(C(CNS(=O)(=O)c2c(F)c(F)c(OC)c(F)c2F)N(C)C)cc1. The minimum atomic E-state index is -4.90. The molecule has 0 bridgehead atoms. The summed E-state index contributed by atoms with van der Waals surface area (Å²) in [6.45, 7) is 1.71. The van der Waals surface area contributed by atoms with Crippen molar-refractivity contribution in [3.8, 4) is 5.75 Å². The summed E-state index contributed by atoms with van der Waals surface area (Å²) in [6.07, 6.45) is 0.826. The second-order valence-corrected chi connectivity index (χ2v) is 8.25. The minimum Gasteiger partial charge on any atom is -0.491 e. The van der Waals surface area contributed by atoms with Crippen LogP contribution >= 0.6 is 0 Å². The molecular formula is C19H22F4N2O3S. The van der Waals surface area contributed by atoms with Crippen LogP contribution in [0.25, 0.3) is 0 Å². The van der Waals surface area contributed by atoms with Crippen LogP contribution in [-0.2, 0) is 16.4 Å². The summed E-state index contributed by atoms with van der Waals surface area (Å²) in [5.74, 6) is -9.29. The monoisotopic (exact) mass is 434 g/mol. The first kappa shape index (κ1) is 23.1. The van der Waals surface area contributed by atoms with Crippen LogP contribution in [0.4, 0.5) is 17.6 Å². The summed E-state index contributed by atoms with van der Waals surface area (Å²) >= 11 is 0. The Kier molecular flexibility index (Phi) is 7.25. The Morgan fingerprint density at radius 1 is 1.00 bits per heavy atom. The molecule has 0 radical (unpaired) electrons. The van der Waals surface area contributed by atoms with E-state index in [1.54, 1.807) is 19.0 Å². The predicted molar refractivity (Wildman–Crippen MR) is 100 cm³/mol. The molecule has 0 aliphatic heterocycles. The van der Waals surface area contributed by atoms with Crippen LogP contribution in [-0.4, -0.2) is 41.1 Å². The number of hydrogen-bond acceptors (Lipinski definition) is 4. The molecule has 0 fully saturated rings. The van der Waals surface area contributed by atoms with Crippen molar-refractivity contribution in [2.45, 2.75) is 24.3 Å². The Morgan fingerprint density at radius 3 is 1.93 bits per heavy atom. The molecule has 0 amide bonds. The van der Waals surface area contributed by atoms with Crippen LogP contribution < -0.4 is 9.46 Å². The lowest BCUT2D eigenvalue weighted by atomic mass is 10.0. The molecule has 29 heavy (non-hydrogen) atoms. The number of methoxy groups -OCH3 is 1. The van der Waals surface area contributed by atoms with Crippen molar-refractivity contribution >= 4 is 10.0 Å². The van der Waals surface area contributed by atoms with Gasteiger partial charge in [-0.25, -0.2) is 21.9 Å². The second kappa shape index (κ2) is 9.10. The summed E-state index contributed by atoms with van der Waals surface area (Å²) in [5, 5.41) is 0. The largest absolute Gasteiger partial charge is 0.491 e. The Balaban J connectivity index is 2.37. The van der Waals surface area contributed by atoms with Crippen LogP contribution in [0, 0.1) is 23.3 Å². The first-order valence-corrected chi connectivity index (χ1v) is 10.2. The van der Waals surface area contributed by atoms with Crippen molar-refractivity contribution in [1.29, 1.82) is 0 Å². The molecule has 0 aliphatic carbocycles. The first-order valence-electron chi connectivity index (χ1n) is 8.70. The zero-order valence-corrected chi connectivity index (χ0v) is 17.2. The molecule has 2 rings (SSSR count). The van der Waals surface area contributed by atoms with E-state index in [1.807, 2.05) is 35.9 Å². The van der Waals surface area contributed by atoms with E-state index in [0.29, 0.717) is 0 Å². The Bertz CT molecular complexity index is 951. The molecule has 0 saturated heterocycles. The highest BCUT2D eigenvalue weighted by Crippen LogP contribution is 2.32. The summed E-state index contributed by atoms with van der Waals surface area (Å²) in [7, 11) is -0.709. The van der Waals surface area contributed by atoms with Crippen molar-refractivity contribution in [2.75, 3.05) is 27.7 Å². The van der Waals surface area contributed by atoms with Crippen molar-refractivity contribution in [3.05, 3.63) is 58.7 Å². The maximum absolute atomic E-state index is 14.2. The molecule has 0 heterocycles. The molecule has 0 aromatic heterocycles.